The van der Waals surface area contributed by atoms with Crippen molar-refractivity contribution in [2.24, 2.45) is 0 Å². The summed E-state index contributed by atoms with van der Waals surface area (Å²) in [6, 6.07) is 17.5. The summed E-state index contributed by atoms with van der Waals surface area (Å²) in [5.74, 6) is 0.507. The molecule has 2 heterocycles. The first-order chi connectivity index (χ1) is 12.2. The van der Waals surface area contributed by atoms with Crippen molar-refractivity contribution in [2.75, 3.05) is 0 Å². The van der Waals surface area contributed by atoms with Gasteiger partial charge in [0.25, 0.3) is 5.91 Å². The van der Waals surface area contributed by atoms with Gasteiger partial charge in [0.2, 0.25) is 0 Å². The van der Waals surface area contributed by atoms with Gasteiger partial charge in [-0.2, -0.15) is 0 Å². The molecule has 1 N–H and O–H groups in total. The SMILES string of the molecule is O=C1NC(CCc2ccccc2)c2nc(-c3ccc(Cl)cc3)ncc21. The molecule has 1 amide bonds. The van der Waals surface area contributed by atoms with Crippen molar-refractivity contribution in [3.63, 3.8) is 0 Å². The van der Waals surface area contributed by atoms with Gasteiger partial charge in [-0.1, -0.05) is 41.9 Å². The highest BCUT2D eigenvalue weighted by molar-refractivity contribution is 6.30. The summed E-state index contributed by atoms with van der Waals surface area (Å²) in [4.78, 5) is 21.2. The maximum Gasteiger partial charge on any atom is 0.255 e. The first-order valence-corrected chi connectivity index (χ1v) is 8.56. The number of nitrogens with zero attached hydrogens (tertiary/aromatic N) is 2. The number of aromatic nitrogens is 2. The smallest absolute Gasteiger partial charge is 0.255 e. The molecule has 25 heavy (non-hydrogen) atoms. The van der Waals surface area contributed by atoms with E-state index >= 15 is 0 Å². The third-order valence-corrected chi connectivity index (χ3v) is 4.62. The number of carbonyl (C=O) groups is 1. The maximum absolute atomic E-state index is 12.2. The highest BCUT2D eigenvalue weighted by Crippen LogP contribution is 2.29. The topological polar surface area (TPSA) is 54.9 Å². The third-order valence-electron chi connectivity index (χ3n) is 4.37. The van der Waals surface area contributed by atoms with Crippen molar-refractivity contribution in [3.05, 3.63) is 82.6 Å². The zero-order valence-corrected chi connectivity index (χ0v) is 14.2. The van der Waals surface area contributed by atoms with Crippen LogP contribution < -0.4 is 5.32 Å². The first-order valence-electron chi connectivity index (χ1n) is 8.18. The lowest BCUT2D eigenvalue weighted by atomic mass is 10.0. The van der Waals surface area contributed by atoms with Crippen molar-refractivity contribution >= 4 is 17.5 Å². The summed E-state index contributed by atoms with van der Waals surface area (Å²) in [5, 5.41) is 3.68. The minimum absolute atomic E-state index is 0.0863. The van der Waals surface area contributed by atoms with Gasteiger partial charge in [-0.05, 0) is 42.7 Å². The normalized spacial score (nSPS) is 15.7. The molecule has 0 saturated heterocycles. The van der Waals surface area contributed by atoms with Crippen LogP contribution in [-0.4, -0.2) is 15.9 Å². The molecule has 3 aromatic rings. The molecule has 5 heteroatoms. The van der Waals surface area contributed by atoms with Crippen molar-refractivity contribution in [1.29, 1.82) is 0 Å². The Bertz CT molecular complexity index is 910. The second-order valence-corrected chi connectivity index (χ2v) is 6.49. The molecule has 1 unspecified atom stereocenters. The number of halogens is 1. The molecule has 0 fully saturated rings. The molecule has 1 atom stereocenters. The molecular weight excluding hydrogens is 334 g/mol. The minimum atomic E-state index is -0.101. The zero-order chi connectivity index (χ0) is 17.2. The number of benzene rings is 2. The Morgan fingerprint density at radius 3 is 2.56 bits per heavy atom. The Kier molecular flexibility index (Phi) is 4.20. The number of aryl methyl sites for hydroxylation is 1. The van der Waals surface area contributed by atoms with Gasteiger partial charge in [0.1, 0.15) is 0 Å². The fraction of sp³-hybridized carbons (Fsp3) is 0.150. The van der Waals surface area contributed by atoms with Crippen molar-refractivity contribution < 1.29 is 4.79 Å². The third kappa shape index (κ3) is 3.26. The summed E-state index contributed by atoms with van der Waals surface area (Å²) in [5.41, 5.74) is 3.47. The fourth-order valence-electron chi connectivity index (χ4n) is 3.04. The lowest BCUT2D eigenvalue weighted by Gasteiger charge is -2.11. The summed E-state index contributed by atoms with van der Waals surface area (Å²) in [6.07, 6.45) is 3.30. The number of nitrogens with one attached hydrogen (secondary N) is 1. The van der Waals surface area contributed by atoms with E-state index in [-0.39, 0.29) is 11.9 Å². The summed E-state index contributed by atoms with van der Waals surface area (Å²) in [6.45, 7) is 0. The van der Waals surface area contributed by atoms with Gasteiger partial charge < -0.3 is 5.32 Å². The second-order valence-electron chi connectivity index (χ2n) is 6.05. The van der Waals surface area contributed by atoms with E-state index in [9.17, 15) is 4.79 Å². The second kappa shape index (κ2) is 6.65. The highest BCUT2D eigenvalue weighted by atomic mass is 35.5. The molecular formula is C20H16ClN3O. The van der Waals surface area contributed by atoms with Gasteiger partial charge in [-0.25, -0.2) is 9.97 Å². The van der Waals surface area contributed by atoms with Crippen LogP contribution >= 0.6 is 11.6 Å². The van der Waals surface area contributed by atoms with Crippen LogP contribution in [0.1, 0.15) is 34.1 Å². The van der Waals surface area contributed by atoms with Gasteiger partial charge in [-0.15, -0.1) is 0 Å². The number of hydrogen-bond acceptors (Lipinski definition) is 3. The predicted octanol–water partition coefficient (Wildman–Crippen LogP) is 4.21. The molecule has 0 bridgehead atoms. The summed E-state index contributed by atoms with van der Waals surface area (Å²) < 4.78 is 0. The average molecular weight is 350 g/mol. The van der Waals surface area contributed by atoms with Crippen LogP contribution in [0.25, 0.3) is 11.4 Å². The van der Waals surface area contributed by atoms with E-state index in [1.54, 1.807) is 6.20 Å². The molecule has 4 rings (SSSR count). The molecule has 1 aliphatic rings. The van der Waals surface area contributed by atoms with Crippen molar-refractivity contribution in [1.82, 2.24) is 15.3 Å². The standard InChI is InChI=1S/C20H16ClN3O/c21-15-9-7-14(8-10-15)19-22-12-16-18(24-19)17(23-20(16)25)11-6-13-4-2-1-3-5-13/h1-5,7-10,12,17H,6,11H2,(H,23,25). The molecule has 124 valence electrons. The highest BCUT2D eigenvalue weighted by Gasteiger charge is 2.30. The van der Waals surface area contributed by atoms with Crippen LogP contribution in [0.5, 0.6) is 0 Å². The van der Waals surface area contributed by atoms with Crippen LogP contribution in [-0.2, 0) is 6.42 Å². The van der Waals surface area contributed by atoms with E-state index in [1.165, 1.54) is 5.56 Å². The van der Waals surface area contributed by atoms with Crippen LogP contribution in [0, 0.1) is 0 Å². The van der Waals surface area contributed by atoms with Crippen LogP contribution in [0.4, 0.5) is 0 Å². The average Bonchev–Trinajstić information content (AvgIpc) is 2.97. The molecule has 1 aromatic heterocycles. The zero-order valence-electron chi connectivity index (χ0n) is 13.4. The number of fused-ring (bicyclic) bond motifs is 1. The predicted molar refractivity (Wildman–Crippen MR) is 97.4 cm³/mol. The summed E-state index contributed by atoms with van der Waals surface area (Å²) >= 11 is 5.94. The lowest BCUT2D eigenvalue weighted by Crippen LogP contribution is -2.19. The fourth-order valence-corrected chi connectivity index (χ4v) is 3.17. The van der Waals surface area contributed by atoms with Crippen LogP contribution in [0.15, 0.2) is 60.8 Å². The monoisotopic (exact) mass is 349 g/mol. The van der Waals surface area contributed by atoms with Crippen molar-refractivity contribution in [3.8, 4) is 11.4 Å². The van der Waals surface area contributed by atoms with E-state index < -0.39 is 0 Å². The van der Waals surface area contributed by atoms with Crippen molar-refractivity contribution in [2.45, 2.75) is 18.9 Å². The number of carbonyl (C=O) groups excluding carboxylic acids is 1. The molecule has 0 spiro atoms. The number of amides is 1. The van der Waals surface area contributed by atoms with Gasteiger partial charge in [0.05, 0.1) is 17.3 Å². The molecule has 1 aliphatic heterocycles. The Morgan fingerprint density at radius 1 is 1.04 bits per heavy atom. The molecule has 0 radical (unpaired) electrons. The van der Waals surface area contributed by atoms with Crippen LogP contribution in [0.3, 0.4) is 0 Å². The number of hydrogen-bond donors (Lipinski definition) is 1. The maximum atomic E-state index is 12.2. The Morgan fingerprint density at radius 2 is 1.80 bits per heavy atom. The Labute approximate surface area is 150 Å². The quantitative estimate of drug-likeness (QED) is 0.767. The van der Waals surface area contributed by atoms with E-state index in [0.29, 0.717) is 16.4 Å². The summed E-state index contributed by atoms with van der Waals surface area (Å²) in [7, 11) is 0. The van der Waals surface area contributed by atoms with E-state index in [2.05, 4.69) is 27.4 Å². The van der Waals surface area contributed by atoms with Gasteiger partial charge in [0, 0.05) is 16.8 Å². The lowest BCUT2D eigenvalue weighted by molar-refractivity contribution is 0.0954. The van der Waals surface area contributed by atoms with E-state index in [0.717, 1.165) is 24.1 Å². The van der Waals surface area contributed by atoms with Gasteiger partial charge >= 0.3 is 0 Å². The largest absolute Gasteiger partial charge is 0.344 e. The molecule has 2 aromatic carbocycles. The molecule has 0 aliphatic carbocycles. The molecule has 0 saturated carbocycles. The minimum Gasteiger partial charge on any atom is -0.344 e. The van der Waals surface area contributed by atoms with E-state index in [4.69, 9.17) is 11.6 Å². The van der Waals surface area contributed by atoms with E-state index in [1.807, 2.05) is 42.5 Å². The number of rotatable bonds is 4. The van der Waals surface area contributed by atoms with Crippen LogP contribution in [0.2, 0.25) is 5.02 Å². The van der Waals surface area contributed by atoms with Gasteiger partial charge in [-0.3, -0.25) is 4.79 Å². The Hall–Kier alpha value is -2.72. The van der Waals surface area contributed by atoms with Gasteiger partial charge in [0.15, 0.2) is 5.82 Å². The first kappa shape index (κ1) is 15.8. The Balaban J connectivity index is 1.60. The molecule has 4 nitrogen and oxygen atoms in total.